The molecule has 1 aromatic rings. The van der Waals surface area contributed by atoms with Crippen molar-refractivity contribution in [1.29, 1.82) is 0 Å². The van der Waals surface area contributed by atoms with Crippen molar-refractivity contribution in [2.75, 3.05) is 6.54 Å². The molecule has 0 saturated carbocycles. The molecule has 0 unspecified atom stereocenters. The van der Waals surface area contributed by atoms with Gasteiger partial charge >= 0.3 is 0 Å². The molecule has 0 aliphatic heterocycles. The van der Waals surface area contributed by atoms with Crippen LogP contribution in [0.1, 0.15) is 35.7 Å². The van der Waals surface area contributed by atoms with Crippen molar-refractivity contribution in [1.82, 2.24) is 0 Å². The average Bonchev–Trinajstić information content (AvgIpc) is 2.52. The Labute approximate surface area is 83.9 Å². The lowest BCUT2D eigenvalue weighted by atomic mass is 10.1. The Morgan fingerprint density at radius 3 is 2.77 bits per heavy atom. The van der Waals surface area contributed by atoms with Gasteiger partial charge in [0.05, 0.1) is 0 Å². The van der Waals surface area contributed by atoms with Crippen LogP contribution in [0.3, 0.4) is 0 Å². The Bertz CT molecular complexity index is 245. The average molecular weight is 198 g/mol. The number of thiophene rings is 1. The van der Waals surface area contributed by atoms with Gasteiger partial charge in [0.1, 0.15) is 0 Å². The lowest BCUT2D eigenvalue weighted by Crippen LogP contribution is -2.10. The third-order valence-corrected chi connectivity index (χ3v) is 3.36. The molecule has 2 nitrogen and oxygen atoms in total. The van der Waals surface area contributed by atoms with E-state index < -0.39 is 0 Å². The Morgan fingerprint density at radius 1 is 1.46 bits per heavy atom. The molecule has 0 amide bonds. The maximum Gasteiger partial charge on any atom is 0.0392 e. The molecule has 1 heterocycles. The van der Waals surface area contributed by atoms with Crippen LogP contribution in [-0.2, 0) is 0 Å². The summed E-state index contributed by atoms with van der Waals surface area (Å²) in [5.41, 5.74) is 12.8. The van der Waals surface area contributed by atoms with E-state index in [1.165, 1.54) is 10.4 Å². The first-order valence-electron chi connectivity index (χ1n) is 4.75. The van der Waals surface area contributed by atoms with Crippen molar-refractivity contribution in [3.63, 3.8) is 0 Å². The van der Waals surface area contributed by atoms with Gasteiger partial charge in [0, 0.05) is 10.9 Å². The number of hydrogen-bond donors (Lipinski definition) is 2. The quantitative estimate of drug-likeness (QED) is 0.713. The van der Waals surface area contributed by atoms with Crippen molar-refractivity contribution in [2.45, 2.75) is 32.2 Å². The summed E-state index contributed by atoms with van der Waals surface area (Å²) in [6, 6.07) is 2.34. The maximum atomic E-state index is 6.05. The molecule has 0 saturated heterocycles. The zero-order valence-corrected chi connectivity index (χ0v) is 8.94. The monoisotopic (exact) mass is 198 g/mol. The van der Waals surface area contributed by atoms with Crippen molar-refractivity contribution in [3.05, 3.63) is 21.9 Å². The maximum absolute atomic E-state index is 6.05. The number of aryl methyl sites for hydroxylation is 1. The molecule has 0 spiro atoms. The predicted octanol–water partition coefficient (Wildman–Crippen LogP) is 2.19. The van der Waals surface area contributed by atoms with Crippen molar-refractivity contribution in [2.24, 2.45) is 11.5 Å². The Balaban J connectivity index is 2.39. The molecule has 13 heavy (non-hydrogen) atoms. The van der Waals surface area contributed by atoms with E-state index in [-0.39, 0.29) is 6.04 Å². The van der Waals surface area contributed by atoms with Crippen LogP contribution >= 0.6 is 11.3 Å². The Morgan fingerprint density at radius 2 is 2.23 bits per heavy atom. The molecule has 3 heteroatoms. The van der Waals surface area contributed by atoms with Crippen molar-refractivity contribution in [3.8, 4) is 0 Å². The molecule has 0 fully saturated rings. The summed E-state index contributed by atoms with van der Waals surface area (Å²) in [4.78, 5) is 1.33. The topological polar surface area (TPSA) is 52.0 Å². The van der Waals surface area contributed by atoms with Gasteiger partial charge in [-0.2, -0.15) is 0 Å². The standard InChI is InChI=1S/C10H18N2S/c1-8-5-7-13-10(8)9(12)4-2-3-6-11/h5,7,9H,2-4,6,11-12H2,1H3/t9-/m1/s1. The minimum absolute atomic E-state index is 0.214. The smallest absolute Gasteiger partial charge is 0.0392 e. The Kier molecular flexibility index (Phi) is 4.42. The molecular formula is C10H18N2S. The molecule has 74 valence electrons. The van der Waals surface area contributed by atoms with Crippen LogP contribution in [0, 0.1) is 6.92 Å². The fraction of sp³-hybridized carbons (Fsp3) is 0.600. The largest absolute Gasteiger partial charge is 0.330 e. The summed E-state index contributed by atoms with van der Waals surface area (Å²) in [6.07, 6.45) is 3.27. The van der Waals surface area contributed by atoms with E-state index in [0.717, 1.165) is 25.8 Å². The van der Waals surface area contributed by atoms with E-state index in [1.54, 1.807) is 11.3 Å². The fourth-order valence-corrected chi connectivity index (χ4v) is 2.37. The molecule has 0 bridgehead atoms. The summed E-state index contributed by atoms with van der Waals surface area (Å²) in [5.74, 6) is 0. The van der Waals surface area contributed by atoms with Crippen LogP contribution in [0.15, 0.2) is 11.4 Å². The van der Waals surface area contributed by atoms with Crippen molar-refractivity contribution < 1.29 is 0 Å². The number of rotatable bonds is 5. The SMILES string of the molecule is Cc1ccsc1[C@H](N)CCCCN. The molecule has 0 radical (unpaired) electrons. The van der Waals surface area contributed by atoms with Gasteiger partial charge in [-0.15, -0.1) is 11.3 Å². The van der Waals surface area contributed by atoms with Crippen LogP contribution in [0.25, 0.3) is 0 Å². The zero-order chi connectivity index (χ0) is 9.68. The summed E-state index contributed by atoms with van der Waals surface area (Å²) < 4.78 is 0. The second kappa shape index (κ2) is 5.37. The van der Waals surface area contributed by atoms with Gasteiger partial charge < -0.3 is 11.5 Å². The molecule has 0 aliphatic rings. The normalized spacial score (nSPS) is 13.2. The first-order chi connectivity index (χ1) is 6.25. The second-order valence-corrected chi connectivity index (χ2v) is 4.31. The van der Waals surface area contributed by atoms with Gasteiger partial charge in [-0.1, -0.05) is 6.42 Å². The molecule has 1 atom stereocenters. The Hall–Kier alpha value is -0.380. The van der Waals surface area contributed by atoms with E-state index in [9.17, 15) is 0 Å². The summed E-state index contributed by atoms with van der Waals surface area (Å²) >= 11 is 1.76. The van der Waals surface area contributed by atoms with Crippen LogP contribution < -0.4 is 11.5 Å². The second-order valence-electron chi connectivity index (χ2n) is 3.36. The summed E-state index contributed by atoms with van der Waals surface area (Å²) in [7, 11) is 0. The first kappa shape index (κ1) is 10.7. The lowest BCUT2D eigenvalue weighted by molar-refractivity contribution is 0.596. The van der Waals surface area contributed by atoms with Gasteiger partial charge in [-0.3, -0.25) is 0 Å². The van der Waals surface area contributed by atoms with Gasteiger partial charge in [0.25, 0.3) is 0 Å². The number of unbranched alkanes of at least 4 members (excludes halogenated alkanes) is 1. The predicted molar refractivity (Wildman–Crippen MR) is 58.9 cm³/mol. The van der Waals surface area contributed by atoms with E-state index >= 15 is 0 Å². The molecular weight excluding hydrogens is 180 g/mol. The fourth-order valence-electron chi connectivity index (χ4n) is 1.40. The molecule has 1 rings (SSSR count). The first-order valence-corrected chi connectivity index (χ1v) is 5.63. The highest BCUT2D eigenvalue weighted by Crippen LogP contribution is 2.25. The van der Waals surface area contributed by atoms with Crippen LogP contribution in [0.2, 0.25) is 0 Å². The third kappa shape index (κ3) is 3.10. The van der Waals surface area contributed by atoms with Gasteiger partial charge in [-0.05, 0) is 43.3 Å². The molecule has 0 aromatic carbocycles. The van der Waals surface area contributed by atoms with E-state index in [2.05, 4.69) is 18.4 Å². The number of nitrogens with two attached hydrogens (primary N) is 2. The van der Waals surface area contributed by atoms with Gasteiger partial charge in [0.15, 0.2) is 0 Å². The van der Waals surface area contributed by atoms with Gasteiger partial charge in [-0.25, -0.2) is 0 Å². The van der Waals surface area contributed by atoms with E-state index in [0.29, 0.717) is 0 Å². The summed E-state index contributed by atoms with van der Waals surface area (Å²) in [5, 5.41) is 2.10. The highest BCUT2D eigenvalue weighted by Gasteiger charge is 2.09. The molecule has 0 aliphatic carbocycles. The third-order valence-electron chi connectivity index (χ3n) is 2.21. The highest BCUT2D eigenvalue weighted by molar-refractivity contribution is 7.10. The summed E-state index contributed by atoms with van der Waals surface area (Å²) in [6.45, 7) is 2.89. The van der Waals surface area contributed by atoms with Crippen molar-refractivity contribution >= 4 is 11.3 Å². The zero-order valence-electron chi connectivity index (χ0n) is 8.12. The minimum atomic E-state index is 0.214. The van der Waals surface area contributed by atoms with Gasteiger partial charge in [0.2, 0.25) is 0 Å². The number of hydrogen-bond acceptors (Lipinski definition) is 3. The lowest BCUT2D eigenvalue weighted by Gasteiger charge is -2.10. The molecule has 4 N–H and O–H groups in total. The van der Waals surface area contributed by atoms with Crippen LogP contribution in [-0.4, -0.2) is 6.54 Å². The van der Waals surface area contributed by atoms with E-state index in [4.69, 9.17) is 11.5 Å². The van der Waals surface area contributed by atoms with Crippen LogP contribution in [0.5, 0.6) is 0 Å². The van der Waals surface area contributed by atoms with E-state index in [1.807, 2.05) is 0 Å². The van der Waals surface area contributed by atoms with Crippen LogP contribution in [0.4, 0.5) is 0 Å². The highest BCUT2D eigenvalue weighted by atomic mass is 32.1. The minimum Gasteiger partial charge on any atom is -0.330 e. The molecule has 1 aromatic heterocycles.